The minimum atomic E-state index is -0.494. The fourth-order valence-corrected chi connectivity index (χ4v) is 3.06. The Kier molecular flexibility index (Phi) is 7.17. The number of benzene rings is 2. The summed E-state index contributed by atoms with van der Waals surface area (Å²) in [6.45, 7) is 4.32. The highest BCUT2D eigenvalue weighted by molar-refractivity contribution is 14.1. The zero-order valence-electron chi connectivity index (χ0n) is 13.9. The molecule has 2 aromatic carbocycles. The van der Waals surface area contributed by atoms with Crippen LogP contribution < -0.4 is 10.2 Å². The number of halogens is 1. The van der Waals surface area contributed by atoms with Crippen molar-refractivity contribution in [2.45, 2.75) is 13.3 Å². The zero-order valence-corrected chi connectivity index (χ0v) is 16.1. The smallest absolute Gasteiger partial charge is 0.270 e. The van der Waals surface area contributed by atoms with Gasteiger partial charge in [0.05, 0.1) is 10.5 Å². The van der Waals surface area contributed by atoms with E-state index in [1.807, 2.05) is 40.8 Å². The minimum absolute atomic E-state index is 0.0770. The van der Waals surface area contributed by atoms with Crippen LogP contribution in [0.25, 0.3) is 0 Å². The van der Waals surface area contributed by atoms with Gasteiger partial charge in [-0.15, -0.1) is 0 Å². The van der Waals surface area contributed by atoms with Gasteiger partial charge in [-0.1, -0.05) is 18.2 Å². The molecule has 2 rings (SSSR count). The first-order chi connectivity index (χ1) is 12.0. The summed E-state index contributed by atoms with van der Waals surface area (Å²) in [5, 5.41) is 13.7. The fourth-order valence-electron chi connectivity index (χ4n) is 2.48. The average Bonchev–Trinajstić information content (AvgIpc) is 2.62. The van der Waals surface area contributed by atoms with Gasteiger partial charge in [-0.25, -0.2) is 0 Å². The molecule has 7 heteroatoms. The highest BCUT2D eigenvalue weighted by Crippen LogP contribution is 2.19. The van der Waals surface area contributed by atoms with Crippen molar-refractivity contribution < 1.29 is 9.72 Å². The van der Waals surface area contributed by atoms with E-state index in [2.05, 4.69) is 29.3 Å². The lowest BCUT2D eigenvalue weighted by Gasteiger charge is -2.23. The summed E-state index contributed by atoms with van der Waals surface area (Å²) in [4.78, 5) is 24.9. The van der Waals surface area contributed by atoms with Crippen LogP contribution in [0.15, 0.2) is 48.5 Å². The lowest BCUT2D eigenvalue weighted by molar-refractivity contribution is -0.384. The number of para-hydroxylation sites is 1. The van der Waals surface area contributed by atoms with Crippen LogP contribution in [-0.2, 0) is 0 Å². The van der Waals surface area contributed by atoms with Crippen LogP contribution in [0.1, 0.15) is 23.7 Å². The number of nitrogens with zero attached hydrogens (tertiary/aromatic N) is 2. The van der Waals surface area contributed by atoms with Crippen molar-refractivity contribution >= 4 is 39.9 Å². The number of carbonyl (C=O) groups is 1. The normalized spacial score (nSPS) is 10.3. The SMILES string of the molecule is CCN(CCCNC(=O)c1cc([N+](=O)[O-])ccc1I)c1ccccc1. The second kappa shape index (κ2) is 9.36. The minimum Gasteiger partial charge on any atom is -0.372 e. The predicted molar refractivity (Wildman–Crippen MR) is 107 cm³/mol. The van der Waals surface area contributed by atoms with Gasteiger partial charge in [-0.05, 0) is 54.1 Å². The van der Waals surface area contributed by atoms with Crippen molar-refractivity contribution in [2.75, 3.05) is 24.5 Å². The molecule has 0 fully saturated rings. The number of nitrogens with one attached hydrogen (secondary N) is 1. The Balaban J connectivity index is 1.88. The van der Waals surface area contributed by atoms with Gasteiger partial charge in [0.25, 0.3) is 11.6 Å². The second-order valence-corrected chi connectivity index (χ2v) is 6.61. The van der Waals surface area contributed by atoms with E-state index in [9.17, 15) is 14.9 Å². The molecule has 0 aromatic heterocycles. The largest absolute Gasteiger partial charge is 0.372 e. The van der Waals surface area contributed by atoms with Crippen molar-refractivity contribution in [1.82, 2.24) is 5.32 Å². The van der Waals surface area contributed by atoms with Crippen molar-refractivity contribution in [3.05, 3.63) is 67.8 Å². The summed E-state index contributed by atoms with van der Waals surface area (Å²) in [5.74, 6) is -0.282. The monoisotopic (exact) mass is 453 g/mol. The van der Waals surface area contributed by atoms with E-state index in [0.29, 0.717) is 15.7 Å². The van der Waals surface area contributed by atoms with Crippen LogP contribution in [0, 0.1) is 13.7 Å². The molecule has 0 saturated heterocycles. The summed E-state index contributed by atoms with van der Waals surface area (Å²) in [5.41, 5.74) is 1.42. The molecular formula is C18H20IN3O3. The van der Waals surface area contributed by atoms with E-state index >= 15 is 0 Å². The van der Waals surface area contributed by atoms with Gasteiger partial charge in [-0.3, -0.25) is 14.9 Å². The second-order valence-electron chi connectivity index (χ2n) is 5.45. The molecule has 132 valence electrons. The van der Waals surface area contributed by atoms with Gasteiger partial charge < -0.3 is 10.2 Å². The number of amides is 1. The number of rotatable bonds is 8. The van der Waals surface area contributed by atoms with Crippen molar-refractivity contribution in [3.63, 3.8) is 0 Å². The van der Waals surface area contributed by atoms with Crippen LogP contribution in [0.4, 0.5) is 11.4 Å². The molecule has 0 atom stereocenters. The van der Waals surface area contributed by atoms with E-state index in [-0.39, 0.29) is 11.6 Å². The van der Waals surface area contributed by atoms with Gasteiger partial charge in [-0.2, -0.15) is 0 Å². The van der Waals surface area contributed by atoms with Gasteiger partial charge in [0.15, 0.2) is 0 Å². The molecule has 0 bridgehead atoms. The molecular weight excluding hydrogens is 433 g/mol. The Labute approximate surface area is 160 Å². The maximum Gasteiger partial charge on any atom is 0.270 e. The van der Waals surface area contributed by atoms with Crippen molar-refractivity contribution in [3.8, 4) is 0 Å². The quantitative estimate of drug-likeness (QED) is 0.285. The van der Waals surface area contributed by atoms with E-state index in [0.717, 1.165) is 25.2 Å². The van der Waals surface area contributed by atoms with E-state index in [4.69, 9.17) is 0 Å². The van der Waals surface area contributed by atoms with Crippen molar-refractivity contribution in [1.29, 1.82) is 0 Å². The Morgan fingerprint density at radius 1 is 1.24 bits per heavy atom. The van der Waals surface area contributed by atoms with Crippen molar-refractivity contribution in [2.24, 2.45) is 0 Å². The summed E-state index contributed by atoms with van der Waals surface area (Å²) >= 11 is 2.01. The van der Waals surface area contributed by atoms with Gasteiger partial charge in [0.1, 0.15) is 0 Å². The first-order valence-electron chi connectivity index (χ1n) is 8.05. The molecule has 0 spiro atoms. The van der Waals surface area contributed by atoms with E-state index < -0.39 is 4.92 Å². The molecule has 0 aliphatic rings. The van der Waals surface area contributed by atoms with E-state index in [1.54, 1.807) is 6.07 Å². The first-order valence-corrected chi connectivity index (χ1v) is 9.13. The number of nitro benzene ring substituents is 1. The fraction of sp³-hybridized carbons (Fsp3) is 0.278. The Morgan fingerprint density at radius 3 is 2.60 bits per heavy atom. The molecule has 0 unspecified atom stereocenters. The molecule has 0 heterocycles. The number of anilines is 1. The van der Waals surface area contributed by atoms with Crippen LogP contribution in [0.2, 0.25) is 0 Å². The van der Waals surface area contributed by atoms with Gasteiger partial charge in [0, 0.05) is 41.0 Å². The highest BCUT2D eigenvalue weighted by atomic mass is 127. The maximum atomic E-state index is 12.3. The molecule has 0 radical (unpaired) electrons. The summed E-state index contributed by atoms with van der Waals surface area (Å²) in [6.07, 6.45) is 0.792. The number of hydrogen-bond acceptors (Lipinski definition) is 4. The third kappa shape index (κ3) is 5.42. The molecule has 0 saturated carbocycles. The van der Waals surface area contributed by atoms with Crippen LogP contribution in [0.3, 0.4) is 0 Å². The average molecular weight is 453 g/mol. The molecule has 0 aliphatic carbocycles. The summed E-state index contributed by atoms with van der Waals surface area (Å²) in [7, 11) is 0. The Morgan fingerprint density at radius 2 is 1.96 bits per heavy atom. The lowest BCUT2D eigenvalue weighted by Crippen LogP contribution is -2.30. The molecule has 0 aliphatic heterocycles. The standard InChI is InChI=1S/C18H20IN3O3/c1-2-21(14-7-4-3-5-8-14)12-6-11-20-18(23)16-13-15(22(24)25)9-10-17(16)19/h3-5,7-10,13H,2,6,11-12H2,1H3,(H,20,23). The van der Waals surface area contributed by atoms with Crippen LogP contribution in [-0.4, -0.2) is 30.5 Å². The zero-order chi connectivity index (χ0) is 18.2. The van der Waals surface area contributed by atoms with E-state index in [1.165, 1.54) is 12.1 Å². The number of carbonyl (C=O) groups excluding carboxylic acids is 1. The summed E-state index contributed by atoms with van der Waals surface area (Å²) in [6, 6.07) is 14.4. The maximum absolute atomic E-state index is 12.3. The first kappa shape index (κ1) is 19.2. The number of hydrogen-bond donors (Lipinski definition) is 1. The Bertz CT molecular complexity index is 738. The lowest BCUT2D eigenvalue weighted by atomic mass is 10.2. The third-order valence-corrected chi connectivity index (χ3v) is 4.74. The van der Waals surface area contributed by atoms with Gasteiger partial charge >= 0.3 is 0 Å². The summed E-state index contributed by atoms with van der Waals surface area (Å²) < 4.78 is 0.695. The number of nitro groups is 1. The molecule has 25 heavy (non-hydrogen) atoms. The molecule has 6 nitrogen and oxygen atoms in total. The Hall–Kier alpha value is -2.16. The predicted octanol–water partition coefficient (Wildman–Crippen LogP) is 3.85. The molecule has 1 N–H and O–H groups in total. The third-order valence-electron chi connectivity index (χ3n) is 3.80. The number of non-ortho nitro benzene ring substituents is 1. The van der Waals surface area contributed by atoms with Gasteiger partial charge in [0.2, 0.25) is 0 Å². The van der Waals surface area contributed by atoms with Crippen LogP contribution >= 0.6 is 22.6 Å². The molecule has 2 aromatic rings. The molecule has 1 amide bonds. The highest BCUT2D eigenvalue weighted by Gasteiger charge is 2.15. The topological polar surface area (TPSA) is 75.5 Å². The van der Waals surface area contributed by atoms with Crippen LogP contribution in [0.5, 0.6) is 0 Å².